The highest BCUT2D eigenvalue weighted by Crippen LogP contribution is 2.23. The standard InChI is InChI=1S/C14H18N2O2/c1-14(2,15)7-10-8-16-12-6-9(13(17)18-3)4-5-11(10)12/h4-6,8,16H,7,15H2,1-3H3. The zero-order valence-electron chi connectivity index (χ0n) is 10.9. The van der Waals surface area contributed by atoms with Gasteiger partial charge in [-0.15, -0.1) is 0 Å². The number of hydrogen-bond acceptors (Lipinski definition) is 3. The number of ether oxygens (including phenoxy) is 1. The molecule has 2 rings (SSSR count). The lowest BCUT2D eigenvalue weighted by Gasteiger charge is -2.17. The summed E-state index contributed by atoms with van der Waals surface area (Å²) in [7, 11) is 1.38. The molecule has 2 aromatic rings. The fourth-order valence-electron chi connectivity index (χ4n) is 2.07. The van der Waals surface area contributed by atoms with Crippen molar-refractivity contribution in [2.45, 2.75) is 25.8 Å². The Kier molecular flexibility index (Phi) is 3.13. The molecule has 0 atom stereocenters. The second-order valence-electron chi connectivity index (χ2n) is 5.23. The molecule has 1 aromatic carbocycles. The van der Waals surface area contributed by atoms with Crippen LogP contribution in [0.1, 0.15) is 29.8 Å². The van der Waals surface area contributed by atoms with Crippen molar-refractivity contribution in [1.29, 1.82) is 0 Å². The number of carbonyl (C=O) groups excluding carboxylic acids is 1. The van der Waals surface area contributed by atoms with E-state index in [2.05, 4.69) is 4.98 Å². The van der Waals surface area contributed by atoms with Gasteiger partial charge in [-0.3, -0.25) is 0 Å². The zero-order valence-corrected chi connectivity index (χ0v) is 10.9. The lowest BCUT2D eigenvalue weighted by atomic mass is 9.96. The van der Waals surface area contributed by atoms with Gasteiger partial charge in [0.1, 0.15) is 0 Å². The number of benzene rings is 1. The number of nitrogens with one attached hydrogen (secondary N) is 1. The molecule has 0 saturated carbocycles. The minimum absolute atomic E-state index is 0.254. The minimum Gasteiger partial charge on any atom is -0.465 e. The Morgan fingerprint density at radius 1 is 1.44 bits per heavy atom. The fraction of sp³-hybridized carbons (Fsp3) is 0.357. The average Bonchev–Trinajstić information content (AvgIpc) is 2.68. The van der Waals surface area contributed by atoms with Crippen molar-refractivity contribution in [3.05, 3.63) is 35.5 Å². The molecule has 1 heterocycles. The van der Waals surface area contributed by atoms with Crippen molar-refractivity contribution in [2.24, 2.45) is 5.73 Å². The molecule has 3 N–H and O–H groups in total. The Morgan fingerprint density at radius 3 is 2.78 bits per heavy atom. The van der Waals surface area contributed by atoms with Crippen molar-refractivity contribution in [3.63, 3.8) is 0 Å². The number of aromatic nitrogens is 1. The average molecular weight is 246 g/mol. The first-order chi connectivity index (χ1) is 8.40. The van der Waals surface area contributed by atoms with Crippen molar-refractivity contribution >= 4 is 16.9 Å². The molecule has 0 radical (unpaired) electrons. The molecule has 0 unspecified atom stereocenters. The van der Waals surface area contributed by atoms with E-state index in [9.17, 15) is 4.79 Å². The molecule has 0 aliphatic carbocycles. The summed E-state index contributed by atoms with van der Waals surface area (Å²) in [4.78, 5) is 14.6. The van der Waals surface area contributed by atoms with Gasteiger partial charge < -0.3 is 15.5 Å². The molecule has 0 saturated heterocycles. The zero-order chi connectivity index (χ0) is 13.3. The van der Waals surface area contributed by atoms with Gasteiger partial charge in [-0.05, 0) is 38.0 Å². The summed E-state index contributed by atoms with van der Waals surface area (Å²) < 4.78 is 4.70. The summed E-state index contributed by atoms with van der Waals surface area (Å²) in [6, 6.07) is 5.50. The van der Waals surface area contributed by atoms with Crippen LogP contribution in [0.4, 0.5) is 0 Å². The number of hydrogen-bond donors (Lipinski definition) is 2. The van der Waals surface area contributed by atoms with E-state index < -0.39 is 0 Å². The number of rotatable bonds is 3. The van der Waals surface area contributed by atoms with E-state index in [1.54, 1.807) is 12.1 Å². The van der Waals surface area contributed by atoms with Gasteiger partial charge in [-0.1, -0.05) is 6.07 Å². The van der Waals surface area contributed by atoms with Crippen LogP contribution in [0.3, 0.4) is 0 Å². The number of fused-ring (bicyclic) bond motifs is 1. The molecule has 0 amide bonds. The Hall–Kier alpha value is -1.81. The molecule has 0 aliphatic rings. The van der Waals surface area contributed by atoms with Gasteiger partial charge in [0.15, 0.2) is 0 Å². The maximum Gasteiger partial charge on any atom is 0.337 e. The Balaban J connectivity index is 2.41. The summed E-state index contributed by atoms with van der Waals surface area (Å²) in [6.45, 7) is 3.99. The maximum atomic E-state index is 11.4. The summed E-state index contributed by atoms with van der Waals surface area (Å²) in [5.41, 5.74) is 8.41. The summed E-state index contributed by atoms with van der Waals surface area (Å²) in [5.74, 6) is -0.327. The predicted molar refractivity (Wildman–Crippen MR) is 71.6 cm³/mol. The maximum absolute atomic E-state index is 11.4. The predicted octanol–water partition coefficient (Wildman–Crippen LogP) is 2.23. The van der Waals surface area contributed by atoms with Crippen molar-refractivity contribution in [2.75, 3.05) is 7.11 Å². The molecule has 0 fully saturated rings. The Labute approximate surface area is 106 Å². The topological polar surface area (TPSA) is 68.1 Å². The number of methoxy groups -OCH3 is 1. The van der Waals surface area contributed by atoms with E-state index in [1.165, 1.54) is 7.11 Å². The first-order valence-corrected chi connectivity index (χ1v) is 5.88. The molecular weight excluding hydrogens is 228 g/mol. The number of H-pyrrole nitrogens is 1. The van der Waals surface area contributed by atoms with E-state index in [4.69, 9.17) is 10.5 Å². The van der Waals surface area contributed by atoms with Crippen molar-refractivity contribution in [1.82, 2.24) is 4.98 Å². The largest absolute Gasteiger partial charge is 0.465 e. The smallest absolute Gasteiger partial charge is 0.337 e. The van der Waals surface area contributed by atoms with Gasteiger partial charge in [-0.2, -0.15) is 0 Å². The van der Waals surface area contributed by atoms with Crippen LogP contribution in [-0.2, 0) is 11.2 Å². The summed E-state index contributed by atoms with van der Waals surface area (Å²) in [6.07, 6.45) is 2.73. The normalized spacial score (nSPS) is 11.8. The quantitative estimate of drug-likeness (QED) is 0.816. The minimum atomic E-state index is -0.327. The highest BCUT2D eigenvalue weighted by Gasteiger charge is 2.15. The molecule has 0 spiro atoms. The van der Waals surface area contributed by atoms with E-state index in [-0.39, 0.29) is 11.5 Å². The van der Waals surface area contributed by atoms with Crippen molar-refractivity contribution < 1.29 is 9.53 Å². The lowest BCUT2D eigenvalue weighted by molar-refractivity contribution is 0.0601. The molecule has 96 valence electrons. The van der Waals surface area contributed by atoms with Crippen LogP contribution in [0.5, 0.6) is 0 Å². The molecule has 18 heavy (non-hydrogen) atoms. The van der Waals surface area contributed by atoms with Crippen LogP contribution in [0.2, 0.25) is 0 Å². The highest BCUT2D eigenvalue weighted by atomic mass is 16.5. The second-order valence-corrected chi connectivity index (χ2v) is 5.23. The number of carbonyl (C=O) groups is 1. The Morgan fingerprint density at radius 2 is 2.17 bits per heavy atom. The first-order valence-electron chi connectivity index (χ1n) is 5.88. The summed E-state index contributed by atoms with van der Waals surface area (Å²) in [5, 5.41) is 1.10. The Bertz CT molecular complexity index is 579. The van der Waals surface area contributed by atoms with Crippen LogP contribution in [0.15, 0.2) is 24.4 Å². The van der Waals surface area contributed by atoms with Crippen LogP contribution < -0.4 is 5.73 Å². The van der Waals surface area contributed by atoms with Gasteiger partial charge in [0.25, 0.3) is 0 Å². The molecule has 0 aliphatic heterocycles. The first kappa shape index (κ1) is 12.6. The van der Waals surface area contributed by atoms with Crippen LogP contribution >= 0.6 is 0 Å². The third-order valence-electron chi connectivity index (χ3n) is 2.83. The van der Waals surface area contributed by atoms with E-state index in [1.807, 2.05) is 26.1 Å². The van der Waals surface area contributed by atoms with Gasteiger partial charge >= 0.3 is 5.97 Å². The third kappa shape index (κ3) is 2.54. The second kappa shape index (κ2) is 4.46. The van der Waals surface area contributed by atoms with Crippen LogP contribution in [-0.4, -0.2) is 23.6 Å². The number of aromatic amines is 1. The van der Waals surface area contributed by atoms with Gasteiger partial charge in [0.2, 0.25) is 0 Å². The van der Waals surface area contributed by atoms with E-state index in [0.29, 0.717) is 5.56 Å². The summed E-state index contributed by atoms with van der Waals surface area (Å²) >= 11 is 0. The molecular formula is C14H18N2O2. The fourth-order valence-corrected chi connectivity index (χ4v) is 2.07. The van der Waals surface area contributed by atoms with Gasteiger partial charge in [0.05, 0.1) is 12.7 Å². The molecule has 4 nitrogen and oxygen atoms in total. The number of nitrogens with two attached hydrogens (primary N) is 1. The van der Waals surface area contributed by atoms with Crippen LogP contribution in [0, 0.1) is 0 Å². The van der Waals surface area contributed by atoms with E-state index >= 15 is 0 Å². The molecule has 0 bridgehead atoms. The van der Waals surface area contributed by atoms with Gasteiger partial charge in [-0.25, -0.2) is 4.79 Å². The molecule has 1 aromatic heterocycles. The van der Waals surface area contributed by atoms with E-state index in [0.717, 1.165) is 22.9 Å². The van der Waals surface area contributed by atoms with Crippen molar-refractivity contribution in [3.8, 4) is 0 Å². The van der Waals surface area contributed by atoms with Gasteiger partial charge in [0, 0.05) is 22.6 Å². The number of esters is 1. The highest BCUT2D eigenvalue weighted by molar-refractivity contribution is 5.95. The third-order valence-corrected chi connectivity index (χ3v) is 2.83. The SMILES string of the molecule is COC(=O)c1ccc2c(CC(C)(C)N)c[nH]c2c1. The monoisotopic (exact) mass is 246 g/mol. The van der Waals surface area contributed by atoms with Crippen LogP contribution in [0.25, 0.3) is 10.9 Å². The molecule has 4 heteroatoms. The lowest BCUT2D eigenvalue weighted by Crippen LogP contribution is -2.34.